The molecule has 2 aliphatic rings. The minimum atomic E-state index is -0.157. The molecule has 0 spiro atoms. The van der Waals surface area contributed by atoms with Crippen molar-refractivity contribution >= 4 is 11.9 Å². The van der Waals surface area contributed by atoms with Gasteiger partial charge in [0.05, 0.1) is 6.54 Å². The van der Waals surface area contributed by atoms with Crippen molar-refractivity contribution in [2.45, 2.75) is 58.0 Å². The van der Waals surface area contributed by atoms with Gasteiger partial charge in [-0.1, -0.05) is 0 Å². The first-order valence-corrected chi connectivity index (χ1v) is 8.41. The van der Waals surface area contributed by atoms with Gasteiger partial charge in [-0.25, -0.2) is 0 Å². The third kappa shape index (κ3) is 6.64. The van der Waals surface area contributed by atoms with Crippen LogP contribution in [0.4, 0.5) is 0 Å². The molecule has 2 fully saturated rings. The number of guanidine groups is 1. The highest BCUT2D eigenvalue weighted by Crippen LogP contribution is 2.19. The van der Waals surface area contributed by atoms with E-state index in [1.54, 1.807) is 0 Å². The van der Waals surface area contributed by atoms with E-state index in [1.165, 1.54) is 12.8 Å². The highest BCUT2D eigenvalue weighted by molar-refractivity contribution is 5.79. The van der Waals surface area contributed by atoms with Gasteiger partial charge in [-0.2, -0.15) is 0 Å². The van der Waals surface area contributed by atoms with E-state index in [9.17, 15) is 4.79 Å². The van der Waals surface area contributed by atoms with Crippen LogP contribution in [0.3, 0.4) is 0 Å². The van der Waals surface area contributed by atoms with E-state index < -0.39 is 0 Å². The van der Waals surface area contributed by atoms with Gasteiger partial charge in [0.2, 0.25) is 5.91 Å². The van der Waals surface area contributed by atoms with Gasteiger partial charge in [-0.05, 0) is 65.5 Å². The van der Waals surface area contributed by atoms with Crippen molar-refractivity contribution < 1.29 is 4.79 Å². The van der Waals surface area contributed by atoms with Gasteiger partial charge in [0.25, 0.3) is 0 Å². The molecule has 6 heteroatoms. The Hall–Kier alpha value is -1.30. The highest BCUT2D eigenvalue weighted by Gasteiger charge is 2.23. The SMILES string of the molecule is CC(C)(C)NC(=O)CN1CCC(CN=C(N)NC2CC2)CC1. The smallest absolute Gasteiger partial charge is 0.234 e. The first-order chi connectivity index (χ1) is 10.3. The fourth-order valence-corrected chi connectivity index (χ4v) is 2.70. The van der Waals surface area contributed by atoms with Crippen molar-refractivity contribution in [3.8, 4) is 0 Å². The summed E-state index contributed by atoms with van der Waals surface area (Å²) in [6.45, 7) is 9.26. The maximum absolute atomic E-state index is 11.9. The van der Waals surface area contributed by atoms with Crippen molar-refractivity contribution in [2.75, 3.05) is 26.2 Å². The maximum Gasteiger partial charge on any atom is 0.234 e. The molecule has 0 unspecified atom stereocenters. The minimum Gasteiger partial charge on any atom is -0.370 e. The number of aliphatic imine (C=N–C) groups is 1. The maximum atomic E-state index is 11.9. The first-order valence-electron chi connectivity index (χ1n) is 8.41. The van der Waals surface area contributed by atoms with Crippen LogP contribution in [0.25, 0.3) is 0 Å². The molecule has 22 heavy (non-hydrogen) atoms. The molecule has 1 aliphatic heterocycles. The number of piperidine rings is 1. The van der Waals surface area contributed by atoms with Crippen LogP contribution >= 0.6 is 0 Å². The third-order valence-electron chi connectivity index (χ3n) is 4.04. The lowest BCUT2D eigenvalue weighted by atomic mass is 9.97. The summed E-state index contributed by atoms with van der Waals surface area (Å²) >= 11 is 0. The van der Waals surface area contributed by atoms with Crippen molar-refractivity contribution in [3.05, 3.63) is 0 Å². The lowest BCUT2D eigenvalue weighted by Crippen LogP contribution is -2.47. The number of carbonyl (C=O) groups is 1. The van der Waals surface area contributed by atoms with E-state index in [0.717, 1.165) is 32.5 Å². The average Bonchev–Trinajstić information content (AvgIpc) is 3.19. The zero-order valence-electron chi connectivity index (χ0n) is 14.2. The lowest BCUT2D eigenvalue weighted by Gasteiger charge is -2.31. The molecule has 4 N–H and O–H groups in total. The number of hydrogen-bond donors (Lipinski definition) is 3. The number of rotatable bonds is 5. The van der Waals surface area contributed by atoms with E-state index in [-0.39, 0.29) is 11.4 Å². The number of amides is 1. The molecule has 1 amide bonds. The molecule has 126 valence electrons. The molecule has 1 aliphatic carbocycles. The predicted molar refractivity (Wildman–Crippen MR) is 89.7 cm³/mol. The molecule has 0 aromatic heterocycles. The fraction of sp³-hybridized carbons (Fsp3) is 0.875. The van der Waals surface area contributed by atoms with Crippen LogP contribution in [-0.2, 0) is 4.79 Å². The summed E-state index contributed by atoms with van der Waals surface area (Å²) in [5.74, 6) is 1.29. The summed E-state index contributed by atoms with van der Waals surface area (Å²) < 4.78 is 0. The standard InChI is InChI=1S/C16H31N5O/c1-16(2,3)20-14(22)11-21-8-6-12(7-9-21)10-18-15(17)19-13-4-5-13/h12-13H,4-11H2,1-3H3,(H,20,22)(H3,17,18,19). The fourth-order valence-electron chi connectivity index (χ4n) is 2.70. The Bertz CT molecular complexity index is 403. The Morgan fingerprint density at radius 2 is 1.86 bits per heavy atom. The van der Waals surface area contributed by atoms with Crippen molar-refractivity contribution in [1.29, 1.82) is 0 Å². The number of likely N-dealkylation sites (tertiary alicyclic amines) is 1. The Morgan fingerprint density at radius 1 is 1.23 bits per heavy atom. The number of nitrogens with two attached hydrogens (primary N) is 1. The van der Waals surface area contributed by atoms with Crippen molar-refractivity contribution in [3.63, 3.8) is 0 Å². The van der Waals surface area contributed by atoms with E-state index in [1.807, 2.05) is 20.8 Å². The largest absolute Gasteiger partial charge is 0.370 e. The second kappa shape index (κ2) is 7.31. The molecular formula is C16H31N5O. The van der Waals surface area contributed by atoms with Gasteiger partial charge in [0.15, 0.2) is 5.96 Å². The summed E-state index contributed by atoms with van der Waals surface area (Å²) in [7, 11) is 0. The van der Waals surface area contributed by atoms with Gasteiger partial charge in [0, 0.05) is 18.1 Å². The van der Waals surface area contributed by atoms with Crippen LogP contribution < -0.4 is 16.4 Å². The van der Waals surface area contributed by atoms with Gasteiger partial charge in [0.1, 0.15) is 0 Å². The van der Waals surface area contributed by atoms with Crippen LogP contribution in [0.5, 0.6) is 0 Å². The van der Waals surface area contributed by atoms with E-state index in [2.05, 4.69) is 20.5 Å². The van der Waals surface area contributed by atoms with Crippen molar-refractivity contribution in [2.24, 2.45) is 16.6 Å². The second-order valence-corrected chi connectivity index (χ2v) is 7.66. The molecular weight excluding hydrogens is 278 g/mol. The van der Waals surface area contributed by atoms with Gasteiger partial charge < -0.3 is 16.4 Å². The molecule has 2 rings (SSSR count). The molecule has 1 heterocycles. The highest BCUT2D eigenvalue weighted by atomic mass is 16.2. The summed E-state index contributed by atoms with van der Waals surface area (Å²) in [6, 6.07) is 0.562. The Kier molecular flexibility index (Phi) is 5.67. The van der Waals surface area contributed by atoms with Crippen LogP contribution in [0, 0.1) is 5.92 Å². The van der Waals surface area contributed by atoms with E-state index in [0.29, 0.717) is 24.5 Å². The zero-order chi connectivity index (χ0) is 16.2. The summed E-state index contributed by atoms with van der Waals surface area (Å²) in [6.07, 6.45) is 4.60. The van der Waals surface area contributed by atoms with Crippen LogP contribution in [0.2, 0.25) is 0 Å². The lowest BCUT2D eigenvalue weighted by molar-refractivity contribution is -0.124. The second-order valence-electron chi connectivity index (χ2n) is 7.66. The quantitative estimate of drug-likeness (QED) is 0.515. The summed E-state index contributed by atoms with van der Waals surface area (Å²) in [4.78, 5) is 18.6. The number of nitrogens with zero attached hydrogens (tertiary/aromatic N) is 2. The minimum absolute atomic E-state index is 0.113. The topological polar surface area (TPSA) is 82.8 Å². The molecule has 0 radical (unpaired) electrons. The van der Waals surface area contributed by atoms with Crippen LogP contribution in [0.1, 0.15) is 46.5 Å². The van der Waals surface area contributed by atoms with Crippen LogP contribution in [0.15, 0.2) is 4.99 Å². The van der Waals surface area contributed by atoms with Gasteiger partial charge in [-0.15, -0.1) is 0 Å². The Balaban J connectivity index is 1.63. The monoisotopic (exact) mass is 309 g/mol. The molecule has 0 aromatic rings. The third-order valence-corrected chi connectivity index (χ3v) is 4.04. The van der Waals surface area contributed by atoms with E-state index >= 15 is 0 Å². The molecule has 6 nitrogen and oxygen atoms in total. The number of hydrogen-bond acceptors (Lipinski definition) is 3. The van der Waals surface area contributed by atoms with E-state index in [4.69, 9.17) is 5.73 Å². The van der Waals surface area contributed by atoms with Gasteiger partial charge in [-0.3, -0.25) is 14.7 Å². The van der Waals surface area contributed by atoms with Crippen molar-refractivity contribution in [1.82, 2.24) is 15.5 Å². The zero-order valence-corrected chi connectivity index (χ0v) is 14.2. The predicted octanol–water partition coefficient (Wildman–Crippen LogP) is 0.680. The molecule has 0 bridgehead atoms. The summed E-state index contributed by atoms with van der Waals surface area (Å²) in [5.41, 5.74) is 5.70. The molecule has 0 aromatic carbocycles. The Morgan fingerprint density at radius 3 is 2.41 bits per heavy atom. The number of carbonyl (C=O) groups excluding carboxylic acids is 1. The Labute approximate surface area is 133 Å². The van der Waals surface area contributed by atoms with Crippen LogP contribution in [-0.4, -0.2) is 54.5 Å². The average molecular weight is 309 g/mol. The first kappa shape index (κ1) is 17.1. The molecule has 1 saturated heterocycles. The molecule has 1 saturated carbocycles. The number of nitrogens with one attached hydrogen (secondary N) is 2. The summed E-state index contributed by atoms with van der Waals surface area (Å²) in [5, 5.41) is 6.23. The van der Waals surface area contributed by atoms with Gasteiger partial charge >= 0.3 is 0 Å². The molecule has 0 atom stereocenters. The normalized spacial score (nSPS) is 21.7.